The number of nitrogens with zero attached hydrogens (tertiary/aromatic N) is 1. The van der Waals surface area contributed by atoms with Gasteiger partial charge in [0, 0.05) is 31.5 Å². The van der Waals surface area contributed by atoms with E-state index in [0.29, 0.717) is 11.4 Å². The largest absolute Gasteiger partial charge is 0.455 e. The molecule has 2 aromatic rings. The summed E-state index contributed by atoms with van der Waals surface area (Å²) in [7, 11) is -0.840. The molecule has 0 aliphatic heterocycles. The second-order valence-electron chi connectivity index (χ2n) is 5.35. The normalized spacial score (nSPS) is 11.7. The van der Waals surface area contributed by atoms with E-state index in [1.54, 1.807) is 18.2 Å². The molecule has 1 aromatic carbocycles. The smallest absolute Gasteiger partial charge is 0.291 e. The summed E-state index contributed by atoms with van der Waals surface area (Å²) < 4.78 is 30.7. The third-order valence-electron chi connectivity index (χ3n) is 3.36. The third kappa shape index (κ3) is 3.38. The average molecular weight is 337 g/mol. The van der Waals surface area contributed by atoms with Crippen LogP contribution in [-0.2, 0) is 10.0 Å². The molecule has 7 nitrogen and oxygen atoms in total. The van der Waals surface area contributed by atoms with E-state index in [2.05, 4.69) is 5.32 Å². The Morgan fingerprint density at radius 1 is 1.22 bits per heavy atom. The van der Waals surface area contributed by atoms with Crippen molar-refractivity contribution in [3.63, 3.8) is 0 Å². The number of carbonyl (C=O) groups excluding carboxylic acids is 1. The summed E-state index contributed by atoms with van der Waals surface area (Å²) in [4.78, 5) is 12.3. The SMILES string of the molecule is Cc1ccc(N)cc1NC(=O)c1cc(S(=O)(=O)N(C)C)c(C)o1. The van der Waals surface area contributed by atoms with Crippen molar-refractivity contribution >= 4 is 27.3 Å². The van der Waals surface area contributed by atoms with E-state index in [1.165, 1.54) is 27.1 Å². The number of sulfonamides is 1. The van der Waals surface area contributed by atoms with Crippen LogP contribution in [0.4, 0.5) is 11.4 Å². The van der Waals surface area contributed by atoms with E-state index >= 15 is 0 Å². The predicted molar refractivity (Wildman–Crippen MR) is 87.9 cm³/mol. The molecule has 23 heavy (non-hydrogen) atoms. The maximum Gasteiger partial charge on any atom is 0.291 e. The lowest BCUT2D eigenvalue weighted by molar-refractivity contribution is 0.0995. The van der Waals surface area contributed by atoms with Crippen LogP contribution in [0.25, 0.3) is 0 Å². The number of amides is 1. The Morgan fingerprint density at radius 3 is 2.48 bits per heavy atom. The maximum atomic E-state index is 12.3. The van der Waals surface area contributed by atoms with Crippen LogP contribution >= 0.6 is 0 Å². The molecule has 0 unspecified atom stereocenters. The van der Waals surface area contributed by atoms with Crippen LogP contribution in [0.3, 0.4) is 0 Å². The van der Waals surface area contributed by atoms with Gasteiger partial charge in [-0.2, -0.15) is 0 Å². The lowest BCUT2D eigenvalue weighted by atomic mass is 10.2. The van der Waals surface area contributed by atoms with Gasteiger partial charge < -0.3 is 15.5 Å². The number of nitrogen functional groups attached to an aromatic ring is 1. The molecule has 1 amide bonds. The van der Waals surface area contributed by atoms with Crippen molar-refractivity contribution in [3.8, 4) is 0 Å². The van der Waals surface area contributed by atoms with E-state index in [1.807, 2.05) is 6.92 Å². The number of aryl methyl sites for hydroxylation is 2. The predicted octanol–water partition coefficient (Wildman–Crippen LogP) is 1.98. The number of nitrogens with two attached hydrogens (primary N) is 1. The average Bonchev–Trinajstić information content (AvgIpc) is 2.85. The van der Waals surface area contributed by atoms with Gasteiger partial charge in [0.05, 0.1) is 0 Å². The lowest BCUT2D eigenvalue weighted by Gasteiger charge is -2.09. The first-order chi connectivity index (χ1) is 10.6. The summed E-state index contributed by atoms with van der Waals surface area (Å²) in [5, 5.41) is 2.67. The highest BCUT2D eigenvalue weighted by Gasteiger charge is 2.26. The van der Waals surface area contributed by atoms with Crippen molar-refractivity contribution in [2.75, 3.05) is 25.1 Å². The van der Waals surface area contributed by atoms with Crippen LogP contribution in [0.5, 0.6) is 0 Å². The number of anilines is 2. The van der Waals surface area contributed by atoms with Crippen molar-refractivity contribution < 1.29 is 17.6 Å². The Kier molecular flexibility index (Phi) is 4.49. The van der Waals surface area contributed by atoms with E-state index < -0.39 is 15.9 Å². The highest BCUT2D eigenvalue weighted by atomic mass is 32.2. The molecule has 0 aliphatic carbocycles. The minimum atomic E-state index is -3.67. The zero-order valence-electron chi connectivity index (χ0n) is 13.4. The number of hydrogen-bond donors (Lipinski definition) is 2. The van der Waals surface area contributed by atoms with Crippen molar-refractivity contribution in [3.05, 3.63) is 41.3 Å². The van der Waals surface area contributed by atoms with Gasteiger partial charge in [-0.25, -0.2) is 12.7 Å². The second kappa shape index (κ2) is 6.05. The molecule has 2 rings (SSSR count). The Hall–Kier alpha value is -2.32. The molecule has 1 aromatic heterocycles. The molecule has 0 saturated heterocycles. The van der Waals surface area contributed by atoms with Crippen LogP contribution in [-0.4, -0.2) is 32.7 Å². The van der Waals surface area contributed by atoms with Crippen molar-refractivity contribution in [2.24, 2.45) is 0 Å². The van der Waals surface area contributed by atoms with Gasteiger partial charge in [0.2, 0.25) is 10.0 Å². The molecule has 0 saturated carbocycles. The van der Waals surface area contributed by atoms with E-state index in [0.717, 1.165) is 9.87 Å². The fraction of sp³-hybridized carbons (Fsp3) is 0.267. The van der Waals surface area contributed by atoms with Gasteiger partial charge in [0.25, 0.3) is 5.91 Å². The molecule has 1 heterocycles. The van der Waals surface area contributed by atoms with Crippen LogP contribution in [0.15, 0.2) is 33.6 Å². The van der Waals surface area contributed by atoms with Gasteiger partial charge in [-0.05, 0) is 31.5 Å². The fourth-order valence-electron chi connectivity index (χ4n) is 1.99. The van der Waals surface area contributed by atoms with Gasteiger partial charge in [-0.1, -0.05) is 6.07 Å². The number of rotatable bonds is 4. The minimum Gasteiger partial charge on any atom is -0.455 e. The molecule has 0 aliphatic rings. The number of hydrogen-bond acceptors (Lipinski definition) is 5. The Balaban J connectivity index is 2.33. The molecular weight excluding hydrogens is 318 g/mol. The van der Waals surface area contributed by atoms with Crippen LogP contribution < -0.4 is 11.1 Å². The molecule has 0 radical (unpaired) electrons. The maximum absolute atomic E-state index is 12.3. The standard InChI is InChI=1S/C15H19N3O4S/c1-9-5-6-11(16)7-12(9)17-15(19)13-8-14(10(2)22-13)23(20,21)18(3)4/h5-8H,16H2,1-4H3,(H,17,19). The molecule has 8 heteroatoms. The molecule has 0 spiro atoms. The van der Waals surface area contributed by atoms with Gasteiger partial charge in [0.15, 0.2) is 5.76 Å². The lowest BCUT2D eigenvalue weighted by Crippen LogP contribution is -2.22. The minimum absolute atomic E-state index is 0.0306. The van der Waals surface area contributed by atoms with Gasteiger partial charge in [-0.3, -0.25) is 4.79 Å². The fourth-order valence-corrected chi connectivity index (χ4v) is 3.04. The van der Waals surface area contributed by atoms with Gasteiger partial charge >= 0.3 is 0 Å². The first-order valence-corrected chi connectivity index (χ1v) is 8.27. The van der Waals surface area contributed by atoms with E-state index in [4.69, 9.17) is 10.2 Å². The molecule has 0 bridgehead atoms. The van der Waals surface area contributed by atoms with Crippen molar-refractivity contribution in [1.82, 2.24) is 4.31 Å². The van der Waals surface area contributed by atoms with Crippen LogP contribution in [0, 0.1) is 13.8 Å². The first kappa shape index (κ1) is 17.0. The topological polar surface area (TPSA) is 106 Å². The molecule has 3 N–H and O–H groups in total. The number of furan rings is 1. The first-order valence-electron chi connectivity index (χ1n) is 6.83. The third-order valence-corrected chi connectivity index (χ3v) is 5.29. The Labute approximate surface area is 135 Å². The summed E-state index contributed by atoms with van der Waals surface area (Å²) in [5.41, 5.74) is 7.59. The molecule has 0 atom stereocenters. The molecule has 0 fully saturated rings. The highest BCUT2D eigenvalue weighted by Crippen LogP contribution is 2.24. The second-order valence-corrected chi connectivity index (χ2v) is 7.47. The van der Waals surface area contributed by atoms with Crippen molar-refractivity contribution in [1.29, 1.82) is 0 Å². The Bertz CT molecular complexity index is 854. The zero-order chi connectivity index (χ0) is 17.4. The summed E-state index contributed by atoms with van der Waals surface area (Å²) in [5.74, 6) is -0.458. The zero-order valence-corrected chi connectivity index (χ0v) is 14.2. The Morgan fingerprint density at radius 2 is 1.87 bits per heavy atom. The number of nitrogens with one attached hydrogen (secondary N) is 1. The van der Waals surface area contributed by atoms with E-state index in [-0.39, 0.29) is 16.4 Å². The van der Waals surface area contributed by atoms with Gasteiger partial charge in [0.1, 0.15) is 10.7 Å². The number of carbonyl (C=O) groups is 1. The number of benzene rings is 1. The van der Waals surface area contributed by atoms with Crippen molar-refractivity contribution in [2.45, 2.75) is 18.7 Å². The molecule has 124 valence electrons. The summed E-state index contributed by atoms with van der Waals surface area (Å²) in [6.45, 7) is 3.32. The molecular formula is C15H19N3O4S. The van der Waals surface area contributed by atoms with Crippen LogP contribution in [0.2, 0.25) is 0 Å². The summed E-state index contributed by atoms with van der Waals surface area (Å²) >= 11 is 0. The highest BCUT2D eigenvalue weighted by molar-refractivity contribution is 7.89. The van der Waals surface area contributed by atoms with Gasteiger partial charge in [-0.15, -0.1) is 0 Å². The summed E-state index contributed by atoms with van der Waals surface area (Å²) in [6, 6.07) is 6.35. The van der Waals surface area contributed by atoms with E-state index in [9.17, 15) is 13.2 Å². The van der Waals surface area contributed by atoms with Crippen LogP contribution in [0.1, 0.15) is 21.9 Å². The quantitative estimate of drug-likeness (QED) is 0.830. The monoisotopic (exact) mass is 337 g/mol. The summed E-state index contributed by atoms with van der Waals surface area (Å²) in [6.07, 6.45) is 0.